The molecule has 0 atom stereocenters. The smallest absolute Gasteiger partial charge is 0.299 e. The molecule has 6 nitrogen and oxygen atoms in total. The van der Waals surface area contributed by atoms with Crippen LogP contribution in [-0.2, 0) is 10.2 Å². The lowest BCUT2D eigenvalue weighted by Gasteiger charge is -2.10. The van der Waals surface area contributed by atoms with Crippen LogP contribution < -0.4 is 19.9 Å². The molecule has 1 rings (SSSR count). The molecule has 0 spiro atoms. The van der Waals surface area contributed by atoms with Gasteiger partial charge in [0.2, 0.25) is 0 Å². The van der Waals surface area contributed by atoms with E-state index in [4.69, 9.17) is 10.5 Å². The molecule has 0 amide bonds. The first kappa shape index (κ1) is 13.6. The van der Waals surface area contributed by atoms with Crippen LogP contribution in [0.25, 0.3) is 0 Å². The Labute approximate surface area is 101 Å². The molecule has 0 aliphatic carbocycles. The van der Waals surface area contributed by atoms with Crippen molar-refractivity contribution < 1.29 is 13.2 Å². The average molecular weight is 259 g/mol. The predicted molar refractivity (Wildman–Crippen MR) is 68.2 cm³/mol. The first-order valence-corrected chi connectivity index (χ1v) is 6.67. The molecule has 1 aromatic carbocycles. The number of hydrogen-bond donors (Lipinski definition) is 3. The Morgan fingerprint density at radius 3 is 2.65 bits per heavy atom. The molecule has 0 heterocycles. The molecule has 7 heteroatoms. The predicted octanol–water partition coefficient (Wildman–Crippen LogP) is 0.934. The second-order valence-corrected chi connectivity index (χ2v) is 4.96. The van der Waals surface area contributed by atoms with Crippen molar-refractivity contribution in [3.05, 3.63) is 18.2 Å². The minimum absolute atomic E-state index is 0.378. The molecular formula is C10H17N3O3S. The second kappa shape index (κ2) is 5.74. The van der Waals surface area contributed by atoms with E-state index < -0.39 is 10.2 Å². The van der Waals surface area contributed by atoms with E-state index in [1.54, 1.807) is 12.1 Å². The minimum Gasteiger partial charge on any atom is -0.495 e. The molecular weight excluding hydrogens is 242 g/mol. The molecule has 0 radical (unpaired) electrons. The molecule has 17 heavy (non-hydrogen) atoms. The topological polar surface area (TPSA) is 93.5 Å². The quantitative estimate of drug-likeness (QED) is 0.663. The molecule has 96 valence electrons. The normalized spacial score (nSPS) is 11.2. The molecule has 1 aromatic rings. The highest BCUT2D eigenvalue weighted by Crippen LogP contribution is 2.24. The number of nitrogen functional groups attached to an aromatic ring is 1. The van der Waals surface area contributed by atoms with Crippen molar-refractivity contribution in [2.75, 3.05) is 24.1 Å². The summed E-state index contributed by atoms with van der Waals surface area (Å²) >= 11 is 0. The Morgan fingerprint density at radius 1 is 1.41 bits per heavy atom. The minimum atomic E-state index is -3.53. The number of nitrogens with two attached hydrogens (primary N) is 1. The van der Waals surface area contributed by atoms with E-state index in [-0.39, 0.29) is 0 Å². The molecule has 4 N–H and O–H groups in total. The Bertz CT molecular complexity index is 474. The number of nitrogens with one attached hydrogen (secondary N) is 2. The standard InChI is InChI=1S/C10H17N3O3S/c1-3-6-12-17(14,15)13-8-4-5-10(16-2)9(11)7-8/h4-5,7,12-13H,3,6,11H2,1-2H3. The van der Waals surface area contributed by atoms with E-state index in [0.29, 0.717) is 23.7 Å². The van der Waals surface area contributed by atoms with Crippen LogP contribution in [0.3, 0.4) is 0 Å². The number of rotatable bonds is 6. The average Bonchev–Trinajstić information content (AvgIpc) is 2.26. The van der Waals surface area contributed by atoms with Crippen molar-refractivity contribution in [3.8, 4) is 5.75 Å². The van der Waals surface area contributed by atoms with Gasteiger partial charge in [-0.2, -0.15) is 13.1 Å². The molecule has 0 bridgehead atoms. The maximum absolute atomic E-state index is 11.5. The second-order valence-electron chi connectivity index (χ2n) is 3.46. The molecule has 0 unspecified atom stereocenters. The van der Waals surface area contributed by atoms with Gasteiger partial charge in [-0.25, -0.2) is 0 Å². The summed E-state index contributed by atoms with van der Waals surface area (Å²) in [5, 5.41) is 0. The van der Waals surface area contributed by atoms with Crippen LogP contribution in [-0.4, -0.2) is 22.1 Å². The fourth-order valence-corrected chi connectivity index (χ4v) is 2.21. The summed E-state index contributed by atoms with van der Waals surface area (Å²) in [6.07, 6.45) is 0.728. The molecule has 0 aliphatic rings. The van der Waals surface area contributed by atoms with E-state index in [9.17, 15) is 8.42 Å². The van der Waals surface area contributed by atoms with Gasteiger partial charge in [0.15, 0.2) is 0 Å². The SMILES string of the molecule is CCCNS(=O)(=O)Nc1ccc(OC)c(N)c1. The van der Waals surface area contributed by atoms with Crippen LogP contribution in [0, 0.1) is 0 Å². The van der Waals surface area contributed by atoms with Gasteiger partial charge in [-0.1, -0.05) is 6.92 Å². The zero-order valence-electron chi connectivity index (χ0n) is 9.86. The summed E-state index contributed by atoms with van der Waals surface area (Å²) in [6.45, 7) is 2.27. The summed E-state index contributed by atoms with van der Waals surface area (Å²) in [6, 6.07) is 4.69. The maximum Gasteiger partial charge on any atom is 0.299 e. The molecule has 0 fully saturated rings. The van der Waals surface area contributed by atoms with Crippen LogP contribution in [0.4, 0.5) is 11.4 Å². The first-order chi connectivity index (χ1) is 7.98. The van der Waals surface area contributed by atoms with Gasteiger partial charge in [0.05, 0.1) is 18.5 Å². The Kier molecular flexibility index (Phi) is 4.59. The van der Waals surface area contributed by atoms with Gasteiger partial charge in [-0.3, -0.25) is 4.72 Å². The molecule has 0 saturated heterocycles. The van der Waals surface area contributed by atoms with Gasteiger partial charge in [0, 0.05) is 6.54 Å². The fraction of sp³-hybridized carbons (Fsp3) is 0.400. The number of hydrogen-bond acceptors (Lipinski definition) is 4. The van der Waals surface area contributed by atoms with Crippen LogP contribution in [0.1, 0.15) is 13.3 Å². The van der Waals surface area contributed by atoms with Crippen molar-refractivity contribution in [2.45, 2.75) is 13.3 Å². The maximum atomic E-state index is 11.5. The summed E-state index contributed by atoms with van der Waals surface area (Å²) in [5.74, 6) is 0.509. The molecule has 0 saturated carbocycles. The van der Waals surface area contributed by atoms with Gasteiger partial charge in [0.25, 0.3) is 10.2 Å². The lowest BCUT2D eigenvalue weighted by molar-refractivity contribution is 0.417. The van der Waals surface area contributed by atoms with Gasteiger partial charge < -0.3 is 10.5 Å². The van der Waals surface area contributed by atoms with Crippen molar-refractivity contribution in [1.82, 2.24) is 4.72 Å². The van der Waals surface area contributed by atoms with Crippen molar-refractivity contribution in [2.24, 2.45) is 0 Å². The van der Waals surface area contributed by atoms with E-state index >= 15 is 0 Å². The number of anilines is 2. The van der Waals surface area contributed by atoms with Gasteiger partial charge in [0.1, 0.15) is 5.75 Å². The zero-order chi connectivity index (χ0) is 12.9. The third-order valence-corrected chi connectivity index (χ3v) is 3.11. The van der Waals surface area contributed by atoms with Crippen LogP contribution in [0.15, 0.2) is 18.2 Å². The Morgan fingerprint density at radius 2 is 2.12 bits per heavy atom. The molecule has 0 aromatic heterocycles. The van der Waals surface area contributed by atoms with Crippen LogP contribution in [0.2, 0.25) is 0 Å². The molecule has 0 aliphatic heterocycles. The largest absolute Gasteiger partial charge is 0.495 e. The van der Waals surface area contributed by atoms with Gasteiger partial charge in [-0.15, -0.1) is 0 Å². The van der Waals surface area contributed by atoms with Crippen molar-refractivity contribution in [3.63, 3.8) is 0 Å². The lowest BCUT2D eigenvalue weighted by atomic mass is 10.2. The Balaban J connectivity index is 2.78. The highest BCUT2D eigenvalue weighted by Gasteiger charge is 2.09. The number of methoxy groups -OCH3 is 1. The monoisotopic (exact) mass is 259 g/mol. The van der Waals surface area contributed by atoms with Crippen molar-refractivity contribution >= 4 is 21.6 Å². The van der Waals surface area contributed by atoms with Gasteiger partial charge in [-0.05, 0) is 24.6 Å². The highest BCUT2D eigenvalue weighted by molar-refractivity contribution is 7.90. The first-order valence-electron chi connectivity index (χ1n) is 5.19. The summed E-state index contributed by atoms with van der Waals surface area (Å²) in [5.41, 5.74) is 6.44. The third-order valence-electron chi connectivity index (χ3n) is 2.02. The van der Waals surface area contributed by atoms with Crippen LogP contribution >= 0.6 is 0 Å². The highest BCUT2D eigenvalue weighted by atomic mass is 32.2. The lowest BCUT2D eigenvalue weighted by Crippen LogP contribution is -2.30. The van der Waals surface area contributed by atoms with Crippen molar-refractivity contribution in [1.29, 1.82) is 0 Å². The van der Waals surface area contributed by atoms with E-state index in [2.05, 4.69) is 9.44 Å². The van der Waals surface area contributed by atoms with E-state index in [0.717, 1.165) is 6.42 Å². The van der Waals surface area contributed by atoms with E-state index in [1.807, 2.05) is 6.92 Å². The summed E-state index contributed by atoms with van der Waals surface area (Å²) in [4.78, 5) is 0. The van der Waals surface area contributed by atoms with Gasteiger partial charge >= 0.3 is 0 Å². The van der Waals surface area contributed by atoms with E-state index in [1.165, 1.54) is 13.2 Å². The summed E-state index contributed by atoms with van der Waals surface area (Å²) in [7, 11) is -2.03. The summed E-state index contributed by atoms with van der Waals surface area (Å²) < 4.78 is 32.8. The zero-order valence-corrected chi connectivity index (χ0v) is 10.7. The number of benzene rings is 1. The van der Waals surface area contributed by atoms with Crippen LogP contribution in [0.5, 0.6) is 5.75 Å². The fourth-order valence-electron chi connectivity index (χ4n) is 1.23. The Hall–Kier alpha value is -1.47. The number of ether oxygens (including phenoxy) is 1. The third kappa shape index (κ3) is 4.12.